The van der Waals surface area contributed by atoms with E-state index < -0.39 is 0 Å². The summed E-state index contributed by atoms with van der Waals surface area (Å²) in [5.74, 6) is 0. The van der Waals surface area contributed by atoms with Crippen LogP contribution in [0.15, 0.2) is 194 Å². The summed E-state index contributed by atoms with van der Waals surface area (Å²) < 4.78 is 0. The quantitative estimate of drug-likeness (QED) is 0.0560. The van der Waals surface area contributed by atoms with Crippen molar-refractivity contribution < 1.29 is 0 Å². The van der Waals surface area contributed by atoms with Gasteiger partial charge in [0.2, 0.25) is 0 Å². The van der Waals surface area contributed by atoms with Gasteiger partial charge < -0.3 is 42.5 Å². The minimum atomic E-state index is 0.557. The van der Waals surface area contributed by atoms with E-state index in [0.29, 0.717) is 72.3 Å². The maximum absolute atomic E-state index is 5.88. The zero-order chi connectivity index (χ0) is 49.5. The lowest BCUT2D eigenvalue weighted by atomic mass is 9.92. The third kappa shape index (κ3) is 15.3. The van der Waals surface area contributed by atoms with E-state index in [1.54, 1.807) is 0 Å². The van der Waals surface area contributed by atoms with Crippen LogP contribution in [-0.2, 0) is 51.9 Å². The molecule has 0 radical (unpaired) electrons. The summed E-state index contributed by atoms with van der Waals surface area (Å²) in [6.07, 6.45) is 2.67. The predicted molar refractivity (Wildman–Crippen MR) is 315 cm³/mol. The maximum atomic E-state index is 5.88. The van der Waals surface area contributed by atoms with Crippen LogP contribution in [0.1, 0.15) is 66.8 Å². The summed E-state index contributed by atoms with van der Waals surface area (Å²) in [6.45, 7) is 2.47. The van der Waals surface area contributed by atoms with Crippen LogP contribution >= 0.6 is 48.9 Å². The average Bonchev–Trinajstić information content (AvgIpc) is 3.37. The van der Waals surface area contributed by atoms with Gasteiger partial charge in [-0.3, -0.25) is 0 Å². The molecule has 0 amide bonds. The molecule has 72 heavy (non-hydrogen) atoms. The highest BCUT2D eigenvalue weighted by Crippen LogP contribution is 2.29. The van der Waals surface area contributed by atoms with Gasteiger partial charge in [-0.15, -0.1) is 0 Å². The van der Waals surface area contributed by atoms with E-state index in [-0.39, 0.29) is 0 Å². The highest BCUT2D eigenvalue weighted by atomic mass is 32.1. The lowest BCUT2D eigenvalue weighted by molar-refractivity contribution is 0.925. The van der Waals surface area contributed by atoms with Crippen molar-refractivity contribution in [3.63, 3.8) is 0 Å². The van der Waals surface area contributed by atoms with Crippen molar-refractivity contribution in [3.05, 3.63) is 261 Å². The van der Waals surface area contributed by atoms with Crippen molar-refractivity contribution in [2.24, 2.45) is 0 Å². The van der Waals surface area contributed by atoms with Crippen LogP contribution in [0.4, 0.5) is 22.7 Å². The highest BCUT2D eigenvalue weighted by molar-refractivity contribution is 7.81. The largest absolute Gasteiger partial charge is 0.358 e. The van der Waals surface area contributed by atoms with Gasteiger partial charge in [0.15, 0.2) is 20.4 Å². The van der Waals surface area contributed by atoms with Gasteiger partial charge in [0, 0.05) is 48.9 Å². The van der Waals surface area contributed by atoms with E-state index in [4.69, 9.17) is 48.9 Å². The summed E-state index contributed by atoms with van der Waals surface area (Å²) in [6, 6.07) is 67.9. The smallest absolute Gasteiger partial charge is 0.171 e. The molecular weight excluding hydrogens is 961 g/mol. The summed E-state index contributed by atoms with van der Waals surface area (Å²) >= 11 is 23.5. The SMILES string of the molecule is S=C(NCc1ccccc1)Nc1cc2cc(c1)Cc1cc(cc(NC(=S)NCc3ccccc3)c1)Cc1cc(cc(NC(=S)NCc3ccccc3)c1)Cc1cc(cc(NC(=S)NCc3ccccc3)c1)C2. The number of anilines is 4. The Morgan fingerprint density at radius 3 is 0.625 bits per heavy atom. The number of nitrogens with one attached hydrogen (secondary N) is 8. The van der Waals surface area contributed by atoms with Gasteiger partial charge in [-0.2, -0.15) is 0 Å². The van der Waals surface area contributed by atoms with Crippen LogP contribution in [0.25, 0.3) is 0 Å². The predicted octanol–water partition coefficient (Wildman–Crippen LogP) is 12.3. The summed E-state index contributed by atoms with van der Waals surface area (Å²) in [5.41, 5.74) is 17.4. The molecule has 1 aliphatic carbocycles. The van der Waals surface area contributed by atoms with Crippen molar-refractivity contribution >= 4 is 92.1 Å². The van der Waals surface area contributed by atoms with Crippen LogP contribution < -0.4 is 42.5 Å². The van der Waals surface area contributed by atoms with Crippen molar-refractivity contribution in [1.29, 1.82) is 0 Å². The van der Waals surface area contributed by atoms with Gasteiger partial charge in [0.25, 0.3) is 0 Å². The third-order valence-electron chi connectivity index (χ3n) is 12.1. The lowest BCUT2D eigenvalue weighted by Crippen LogP contribution is -2.28. The molecule has 12 heteroatoms. The van der Waals surface area contributed by atoms with E-state index in [2.05, 4.69) is 164 Å². The summed E-state index contributed by atoms with van der Waals surface area (Å²) in [4.78, 5) is 0. The molecule has 8 N–H and O–H groups in total. The van der Waals surface area contributed by atoms with Crippen molar-refractivity contribution in [2.45, 2.75) is 51.9 Å². The topological polar surface area (TPSA) is 96.2 Å². The Hall–Kier alpha value is -7.48. The molecule has 360 valence electrons. The molecule has 0 heterocycles. The molecule has 0 saturated carbocycles. The fourth-order valence-corrected chi connectivity index (χ4v) is 9.67. The summed E-state index contributed by atoms with van der Waals surface area (Å²) in [5, 5.41) is 29.9. The van der Waals surface area contributed by atoms with E-state index in [1.165, 1.54) is 0 Å². The third-order valence-corrected chi connectivity index (χ3v) is 13.0. The Balaban J connectivity index is 1.06. The number of fused-ring (bicyclic) bond motifs is 8. The highest BCUT2D eigenvalue weighted by Gasteiger charge is 2.14. The number of thiocarbonyl (C=S) groups is 4. The number of hydrogen-bond donors (Lipinski definition) is 8. The second-order valence-electron chi connectivity index (χ2n) is 18.0. The molecule has 0 spiro atoms. The normalized spacial score (nSPS) is 11.6. The van der Waals surface area contributed by atoms with E-state index in [1.807, 2.05) is 72.8 Å². The molecule has 8 bridgehead atoms. The molecule has 0 aromatic heterocycles. The molecule has 8 aromatic rings. The van der Waals surface area contributed by atoms with Crippen molar-refractivity contribution in [3.8, 4) is 0 Å². The molecule has 0 saturated heterocycles. The summed E-state index contributed by atoms with van der Waals surface area (Å²) in [7, 11) is 0. The zero-order valence-electron chi connectivity index (χ0n) is 39.8. The van der Waals surface area contributed by atoms with E-state index >= 15 is 0 Å². The molecule has 0 fully saturated rings. The Bertz CT molecular complexity index is 2660. The van der Waals surface area contributed by atoms with Gasteiger partial charge in [-0.1, -0.05) is 146 Å². The Labute approximate surface area is 444 Å². The number of benzene rings is 8. The minimum Gasteiger partial charge on any atom is -0.358 e. The van der Waals surface area contributed by atoms with Crippen molar-refractivity contribution in [1.82, 2.24) is 21.3 Å². The first kappa shape index (κ1) is 49.5. The molecule has 0 unspecified atom stereocenters. The van der Waals surface area contributed by atoms with Crippen LogP contribution in [-0.4, -0.2) is 20.4 Å². The maximum Gasteiger partial charge on any atom is 0.171 e. The molecule has 8 nitrogen and oxygen atoms in total. The lowest BCUT2D eigenvalue weighted by Gasteiger charge is -2.18. The van der Waals surface area contributed by atoms with Crippen LogP contribution in [0.5, 0.6) is 0 Å². The van der Waals surface area contributed by atoms with Crippen molar-refractivity contribution in [2.75, 3.05) is 21.3 Å². The molecule has 8 aromatic carbocycles. The van der Waals surface area contributed by atoms with Crippen LogP contribution in [0.3, 0.4) is 0 Å². The zero-order valence-corrected chi connectivity index (χ0v) is 43.0. The monoisotopic (exact) mass is 1020 g/mol. The molecule has 0 atom stereocenters. The van der Waals surface area contributed by atoms with Crippen LogP contribution in [0.2, 0.25) is 0 Å². The second kappa shape index (κ2) is 24.6. The molecular formula is C60H56N8S4. The minimum absolute atomic E-state index is 0.557. The first-order valence-electron chi connectivity index (χ1n) is 24.0. The van der Waals surface area contributed by atoms with Crippen LogP contribution in [0, 0.1) is 0 Å². The average molecular weight is 1020 g/mol. The second-order valence-corrected chi connectivity index (χ2v) is 19.7. The standard InChI is InChI=1S/C60H56N8S4/c69-57(61-37-41-13-5-1-6-14-41)65-53-29-45-21-46(30-53)26-48-23-50(34-55(32-48)67-59(71)63-39-43-17-9-3-10-18-43)28-52-24-51(35-56(36-52)68-60(72)64-40-44-19-11-4-12-20-44)27-49-22-47(25-45)31-54(33-49)66-58(70)62-38-42-15-7-2-8-16-42/h1-24,29-36H,25-28,37-40H2,(H2,61,65,69)(H2,62,66,70)(H2,63,67,71)(H2,64,68,72). The van der Waals surface area contributed by atoms with E-state index in [9.17, 15) is 0 Å². The van der Waals surface area contributed by atoms with Gasteiger partial charge in [-0.25, -0.2) is 0 Å². The molecule has 9 rings (SSSR count). The van der Waals surface area contributed by atoms with Gasteiger partial charge in [0.1, 0.15) is 0 Å². The Morgan fingerprint density at radius 2 is 0.444 bits per heavy atom. The molecule has 1 aliphatic rings. The first-order chi connectivity index (χ1) is 35.2. The van der Waals surface area contributed by atoms with Gasteiger partial charge in [-0.05, 0) is 190 Å². The van der Waals surface area contributed by atoms with Gasteiger partial charge >= 0.3 is 0 Å². The Kier molecular flexibility index (Phi) is 16.9. The number of rotatable bonds is 12. The van der Waals surface area contributed by atoms with Gasteiger partial charge in [0.05, 0.1) is 0 Å². The fraction of sp³-hybridized carbons (Fsp3) is 0.133. The first-order valence-corrected chi connectivity index (χ1v) is 25.7. The van der Waals surface area contributed by atoms with E-state index in [0.717, 1.165) is 89.5 Å². The fourth-order valence-electron chi connectivity index (χ4n) is 8.91. The Morgan fingerprint density at radius 1 is 0.264 bits per heavy atom. The number of hydrogen-bond acceptors (Lipinski definition) is 4. The molecule has 0 aliphatic heterocycles.